The first kappa shape index (κ1) is 15.4. The Hall–Kier alpha value is -0.0300. The van der Waals surface area contributed by atoms with Gasteiger partial charge in [0, 0.05) is 28.3 Å². The molecule has 0 amide bonds. The molecule has 0 aliphatic carbocycles. The summed E-state index contributed by atoms with van der Waals surface area (Å²) >= 11 is 5.49. The standard InChI is InChI=1S/C15H22BrNOS/c1-2-7-17-10-12-5-6-13(16)9-15(12)19-11-14-4-3-8-18-14/h5-6,9,14,17H,2-4,7-8,10-11H2,1H3. The van der Waals surface area contributed by atoms with Gasteiger partial charge in [-0.1, -0.05) is 28.9 Å². The molecule has 0 aromatic heterocycles. The molecule has 1 unspecified atom stereocenters. The van der Waals surface area contributed by atoms with E-state index >= 15 is 0 Å². The molecule has 1 fully saturated rings. The number of ether oxygens (including phenoxy) is 1. The Kier molecular flexibility index (Phi) is 6.71. The largest absolute Gasteiger partial charge is 0.377 e. The molecule has 0 spiro atoms. The van der Waals surface area contributed by atoms with Gasteiger partial charge in [0.15, 0.2) is 0 Å². The number of hydrogen-bond donors (Lipinski definition) is 1. The predicted molar refractivity (Wildman–Crippen MR) is 85.8 cm³/mol. The van der Waals surface area contributed by atoms with Gasteiger partial charge in [0.25, 0.3) is 0 Å². The maximum Gasteiger partial charge on any atom is 0.0669 e. The van der Waals surface area contributed by atoms with Gasteiger partial charge in [-0.2, -0.15) is 0 Å². The lowest BCUT2D eigenvalue weighted by atomic mass is 10.2. The van der Waals surface area contributed by atoms with Gasteiger partial charge in [-0.05, 0) is 43.5 Å². The van der Waals surface area contributed by atoms with E-state index in [-0.39, 0.29) is 0 Å². The summed E-state index contributed by atoms with van der Waals surface area (Å²) < 4.78 is 6.85. The van der Waals surface area contributed by atoms with Crippen LogP contribution in [0, 0.1) is 0 Å². The Morgan fingerprint density at radius 2 is 2.37 bits per heavy atom. The molecule has 0 saturated carbocycles. The van der Waals surface area contributed by atoms with Crippen LogP contribution < -0.4 is 5.32 Å². The molecule has 1 aromatic rings. The van der Waals surface area contributed by atoms with Gasteiger partial charge in [-0.25, -0.2) is 0 Å². The molecule has 2 rings (SSSR count). The lowest BCUT2D eigenvalue weighted by molar-refractivity contribution is 0.129. The normalized spacial score (nSPS) is 18.9. The van der Waals surface area contributed by atoms with Crippen molar-refractivity contribution in [2.24, 2.45) is 0 Å². The van der Waals surface area contributed by atoms with E-state index in [4.69, 9.17) is 4.74 Å². The molecule has 1 N–H and O–H groups in total. The second kappa shape index (κ2) is 8.30. The number of rotatable bonds is 7. The van der Waals surface area contributed by atoms with Crippen LogP contribution in [0.2, 0.25) is 0 Å². The van der Waals surface area contributed by atoms with Crippen molar-refractivity contribution >= 4 is 27.7 Å². The number of hydrogen-bond acceptors (Lipinski definition) is 3. The summed E-state index contributed by atoms with van der Waals surface area (Å²) in [6.07, 6.45) is 4.05. The minimum Gasteiger partial charge on any atom is -0.377 e. The van der Waals surface area contributed by atoms with Gasteiger partial charge in [0.2, 0.25) is 0 Å². The highest BCUT2D eigenvalue weighted by Crippen LogP contribution is 2.29. The van der Waals surface area contributed by atoms with Crippen LogP contribution >= 0.6 is 27.7 Å². The number of benzene rings is 1. The molecule has 1 saturated heterocycles. The van der Waals surface area contributed by atoms with E-state index in [2.05, 4.69) is 46.4 Å². The van der Waals surface area contributed by atoms with Crippen LogP contribution in [0.25, 0.3) is 0 Å². The first-order valence-corrected chi connectivity index (χ1v) is 8.81. The lowest BCUT2D eigenvalue weighted by Gasteiger charge is -2.13. The summed E-state index contributed by atoms with van der Waals surface area (Å²) in [4.78, 5) is 1.37. The van der Waals surface area contributed by atoms with Crippen molar-refractivity contribution in [1.29, 1.82) is 0 Å². The molecule has 2 nitrogen and oxygen atoms in total. The van der Waals surface area contributed by atoms with E-state index in [1.54, 1.807) is 0 Å². The van der Waals surface area contributed by atoms with Crippen molar-refractivity contribution in [1.82, 2.24) is 5.32 Å². The van der Waals surface area contributed by atoms with Crippen molar-refractivity contribution in [2.45, 2.75) is 43.7 Å². The zero-order chi connectivity index (χ0) is 13.5. The van der Waals surface area contributed by atoms with E-state index in [1.807, 2.05) is 11.8 Å². The third-order valence-electron chi connectivity index (χ3n) is 3.22. The number of thioether (sulfide) groups is 1. The summed E-state index contributed by atoms with van der Waals surface area (Å²) in [6, 6.07) is 6.56. The van der Waals surface area contributed by atoms with E-state index in [0.717, 1.165) is 29.9 Å². The summed E-state index contributed by atoms with van der Waals surface area (Å²) in [5.41, 5.74) is 1.39. The Bertz CT molecular complexity index is 394. The van der Waals surface area contributed by atoms with Crippen molar-refractivity contribution in [3.8, 4) is 0 Å². The highest BCUT2D eigenvalue weighted by atomic mass is 79.9. The van der Waals surface area contributed by atoms with Crippen molar-refractivity contribution in [2.75, 3.05) is 18.9 Å². The topological polar surface area (TPSA) is 21.3 Å². The lowest BCUT2D eigenvalue weighted by Crippen LogP contribution is -2.14. The van der Waals surface area contributed by atoms with Crippen LogP contribution in [0.5, 0.6) is 0 Å². The Morgan fingerprint density at radius 1 is 1.47 bits per heavy atom. The minimum absolute atomic E-state index is 0.445. The maximum atomic E-state index is 5.70. The first-order valence-electron chi connectivity index (χ1n) is 7.03. The quantitative estimate of drug-likeness (QED) is 0.591. The zero-order valence-corrected chi connectivity index (χ0v) is 13.9. The Balaban J connectivity index is 1.93. The molecule has 1 aliphatic rings. The smallest absolute Gasteiger partial charge is 0.0669 e. The van der Waals surface area contributed by atoms with Crippen LogP contribution in [0.3, 0.4) is 0 Å². The van der Waals surface area contributed by atoms with E-state index in [0.29, 0.717) is 6.10 Å². The molecule has 1 aromatic carbocycles. The Labute approximate surface area is 128 Å². The molecule has 1 atom stereocenters. The van der Waals surface area contributed by atoms with Crippen molar-refractivity contribution < 1.29 is 4.74 Å². The molecule has 0 bridgehead atoms. The molecule has 1 aliphatic heterocycles. The third kappa shape index (κ3) is 5.10. The van der Waals surface area contributed by atoms with E-state index in [9.17, 15) is 0 Å². The van der Waals surface area contributed by atoms with Crippen LogP contribution in [-0.2, 0) is 11.3 Å². The highest BCUT2D eigenvalue weighted by Gasteiger charge is 2.16. The molecule has 1 heterocycles. The highest BCUT2D eigenvalue weighted by molar-refractivity contribution is 9.10. The predicted octanol–water partition coefficient (Wildman–Crippen LogP) is 4.22. The van der Waals surface area contributed by atoms with E-state index < -0.39 is 0 Å². The van der Waals surface area contributed by atoms with Crippen LogP contribution in [0.1, 0.15) is 31.7 Å². The van der Waals surface area contributed by atoms with Gasteiger partial charge in [-0.3, -0.25) is 0 Å². The summed E-state index contributed by atoms with van der Waals surface area (Å²) in [5, 5.41) is 3.48. The van der Waals surface area contributed by atoms with Crippen LogP contribution in [0.15, 0.2) is 27.6 Å². The van der Waals surface area contributed by atoms with Gasteiger partial charge >= 0.3 is 0 Å². The fraction of sp³-hybridized carbons (Fsp3) is 0.600. The zero-order valence-electron chi connectivity index (χ0n) is 11.5. The Morgan fingerprint density at radius 3 is 3.11 bits per heavy atom. The summed E-state index contributed by atoms with van der Waals surface area (Å²) in [6.45, 7) is 5.16. The average molecular weight is 344 g/mol. The molecular weight excluding hydrogens is 322 g/mol. The molecule has 0 radical (unpaired) electrons. The monoisotopic (exact) mass is 343 g/mol. The van der Waals surface area contributed by atoms with Crippen LogP contribution in [-0.4, -0.2) is 25.0 Å². The SMILES string of the molecule is CCCNCc1ccc(Br)cc1SCC1CCCO1. The van der Waals surface area contributed by atoms with Crippen LogP contribution in [0.4, 0.5) is 0 Å². The second-order valence-electron chi connectivity index (χ2n) is 4.87. The van der Waals surface area contributed by atoms with Gasteiger partial charge in [0.1, 0.15) is 0 Å². The fourth-order valence-electron chi connectivity index (χ4n) is 2.17. The number of halogens is 1. The van der Waals surface area contributed by atoms with Gasteiger partial charge < -0.3 is 10.1 Å². The van der Waals surface area contributed by atoms with E-state index in [1.165, 1.54) is 29.7 Å². The second-order valence-corrected chi connectivity index (χ2v) is 6.85. The third-order valence-corrected chi connectivity index (χ3v) is 4.94. The first-order chi connectivity index (χ1) is 9.29. The van der Waals surface area contributed by atoms with Crippen molar-refractivity contribution in [3.05, 3.63) is 28.2 Å². The summed E-state index contributed by atoms with van der Waals surface area (Å²) in [7, 11) is 0. The number of nitrogens with one attached hydrogen (secondary N) is 1. The van der Waals surface area contributed by atoms with Crippen molar-refractivity contribution in [3.63, 3.8) is 0 Å². The maximum absolute atomic E-state index is 5.70. The molecule has 4 heteroatoms. The molecule has 19 heavy (non-hydrogen) atoms. The molecular formula is C15H22BrNOS. The fourth-order valence-corrected chi connectivity index (χ4v) is 3.84. The van der Waals surface area contributed by atoms with Gasteiger partial charge in [-0.15, -0.1) is 11.8 Å². The van der Waals surface area contributed by atoms with Gasteiger partial charge in [0.05, 0.1) is 6.10 Å². The summed E-state index contributed by atoms with van der Waals surface area (Å²) in [5.74, 6) is 1.07. The molecule has 106 valence electrons. The minimum atomic E-state index is 0.445. The average Bonchev–Trinajstić information content (AvgIpc) is 2.92.